The van der Waals surface area contributed by atoms with Gasteiger partial charge in [-0.15, -0.1) is 5.06 Å². The second-order valence-electron chi connectivity index (χ2n) is 4.77. The first-order chi connectivity index (χ1) is 9.88. The molecule has 0 bridgehead atoms. The maximum atomic E-state index is 12.0. The molecular formula is C14H14BrNO5. The Morgan fingerprint density at radius 1 is 1.24 bits per heavy atom. The zero-order valence-corrected chi connectivity index (χ0v) is 13.2. The molecule has 2 amide bonds. The van der Waals surface area contributed by atoms with Crippen LogP contribution >= 0.6 is 15.9 Å². The summed E-state index contributed by atoms with van der Waals surface area (Å²) in [4.78, 5) is 39.7. The van der Waals surface area contributed by atoms with Crippen LogP contribution in [0, 0.1) is 0 Å². The van der Waals surface area contributed by atoms with Gasteiger partial charge < -0.3 is 9.57 Å². The topological polar surface area (TPSA) is 72.9 Å². The minimum absolute atomic E-state index is 0.0608. The predicted molar refractivity (Wildman–Crippen MR) is 76.4 cm³/mol. The van der Waals surface area contributed by atoms with Crippen LogP contribution in [0.4, 0.5) is 0 Å². The number of ether oxygens (including phenoxy) is 1. The summed E-state index contributed by atoms with van der Waals surface area (Å²) in [6, 6.07) is 4.66. The lowest BCUT2D eigenvalue weighted by Crippen LogP contribution is -2.32. The molecule has 6 nitrogen and oxygen atoms in total. The summed E-state index contributed by atoms with van der Waals surface area (Å²) in [5.74, 6) is -1.31. The third-order valence-electron chi connectivity index (χ3n) is 2.71. The minimum atomic E-state index is -0.778. The molecule has 0 spiro atoms. The Bertz CT molecular complexity index is 583. The molecular weight excluding hydrogens is 342 g/mol. The van der Waals surface area contributed by atoms with E-state index in [9.17, 15) is 14.4 Å². The Kier molecular flexibility index (Phi) is 4.62. The highest BCUT2D eigenvalue weighted by molar-refractivity contribution is 9.10. The number of benzene rings is 1. The maximum absolute atomic E-state index is 12.0. The predicted octanol–water partition coefficient (Wildman–Crippen LogP) is 2.46. The van der Waals surface area contributed by atoms with Crippen molar-refractivity contribution in [2.45, 2.75) is 32.8 Å². The first-order valence-electron chi connectivity index (χ1n) is 6.42. The monoisotopic (exact) mass is 355 g/mol. The number of nitrogens with zero attached hydrogens (tertiary/aromatic N) is 1. The number of imide groups is 1. The first kappa shape index (κ1) is 15.5. The first-order valence-corrected chi connectivity index (χ1v) is 7.22. The zero-order valence-electron chi connectivity index (χ0n) is 11.6. The van der Waals surface area contributed by atoms with Gasteiger partial charge in [-0.05, 0) is 48.0 Å². The van der Waals surface area contributed by atoms with Crippen molar-refractivity contribution in [1.29, 1.82) is 0 Å². The van der Waals surface area contributed by atoms with Crippen LogP contribution in [0.3, 0.4) is 0 Å². The number of hydrogen-bond acceptors (Lipinski definition) is 5. The number of halogens is 1. The Morgan fingerprint density at radius 2 is 1.86 bits per heavy atom. The van der Waals surface area contributed by atoms with Crippen molar-refractivity contribution < 1.29 is 24.0 Å². The van der Waals surface area contributed by atoms with Crippen molar-refractivity contribution in [1.82, 2.24) is 5.06 Å². The number of carbonyl (C=O) groups is 3. The van der Waals surface area contributed by atoms with Crippen LogP contribution in [-0.2, 0) is 14.4 Å². The van der Waals surface area contributed by atoms with Gasteiger partial charge in [0.2, 0.25) is 0 Å². The molecule has 0 saturated carbocycles. The fourth-order valence-corrected chi connectivity index (χ4v) is 2.11. The van der Waals surface area contributed by atoms with Crippen molar-refractivity contribution in [3.8, 4) is 5.75 Å². The van der Waals surface area contributed by atoms with E-state index in [2.05, 4.69) is 15.9 Å². The van der Waals surface area contributed by atoms with Gasteiger partial charge in [0.1, 0.15) is 5.75 Å². The molecule has 0 unspecified atom stereocenters. The highest BCUT2D eigenvalue weighted by Gasteiger charge is 2.33. The van der Waals surface area contributed by atoms with Crippen LogP contribution in [0.15, 0.2) is 22.7 Å². The smallest absolute Gasteiger partial charge is 0.364 e. The lowest BCUT2D eigenvalue weighted by atomic mass is 10.2. The van der Waals surface area contributed by atoms with Crippen molar-refractivity contribution in [3.63, 3.8) is 0 Å². The molecule has 112 valence electrons. The largest absolute Gasteiger partial charge is 0.490 e. The Balaban J connectivity index is 2.16. The number of rotatable bonds is 4. The zero-order chi connectivity index (χ0) is 15.6. The van der Waals surface area contributed by atoms with E-state index in [1.807, 2.05) is 13.8 Å². The van der Waals surface area contributed by atoms with E-state index in [1.54, 1.807) is 6.07 Å². The fraction of sp³-hybridized carbons (Fsp3) is 0.357. The van der Waals surface area contributed by atoms with Crippen LogP contribution in [0.5, 0.6) is 5.75 Å². The summed E-state index contributed by atoms with van der Waals surface area (Å²) in [7, 11) is 0. The highest BCUT2D eigenvalue weighted by Crippen LogP contribution is 2.27. The van der Waals surface area contributed by atoms with E-state index in [0.29, 0.717) is 15.3 Å². The van der Waals surface area contributed by atoms with Crippen molar-refractivity contribution in [2.75, 3.05) is 0 Å². The second kappa shape index (κ2) is 6.26. The van der Waals surface area contributed by atoms with Gasteiger partial charge in [-0.25, -0.2) is 4.79 Å². The fourth-order valence-electron chi connectivity index (χ4n) is 1.77. The lowest BCUT2D eigenvalue weighted by molar-refractivity contribution is -0.172. The third-order valence-corrected chi connectivity index (χ3v) is 3.36. The average molecular weight is 356 g/mol. The molecule has 0 radical (unpaired) electrons. The summed E-state index contributed by atoms with van der Waals surface area (Å²) in [6.07, 6.45) is 0.0665. The number of hydrogen-bond donors (Lipinski definition) is 0. The van der Waals surface area contributed by atoms with Gasteiger partial charge in [-0.1, -0.05) is 0 Å². The summed E-state index contributed by atoms with van der Waals surface area (Å²) in [6.45, 7) is 3.72. The summed E-state index contributed by atoms with van der Waals surface area (Å²) in [5, 5.41) is 0.521. The molecule has 21 heavy (non-hydrogen) atoms. The van der Waals surface area contributed by atoms with Gasteiger partial charge in [0, 0.05) is 12.8 Å². The van der Waals surface area contributed by atoms with E-state index < -0.39 is 17.8 Å². The molecule has 0 aliphatic carbocycles. The SMILES string of the molecule is CC(C)Oc1cc(C(=O)ON2C(=O)CCC2=O)ccc1Br. The minimum Gasteiger partial charge on any atom is -0.490 e. The van der Waals surface area contributed by atoms with Crippen molar-refractivity contribution in [3.05, 3.63) is 28.2 Å². The van der Waals surface area contributed by atoms with Gasteiger partial charge in [0.05, 0.1) is 16.1 Å². The van der Waals surface area contributed by atoms with Crippen LogP contribution in [0.25, 0.3) is 0 Å². The quantitative estimate of drug-likeness (QED) is 0.775. The Labute approximate surface area is 130 Å². The number of hydroxylamine groups is 2. The van der Waals surface area contributed by atoms with E-state index in [-0.39, 0.29) is 24.5 Å². The molecule has 1 saturated heterocycles. The normalized spacial score (nSPS) is 14.8. The van der Waals surface area contributed by atoms with Gasteiger partial charge in [0.15, 0.2) is 0 Å². The van der Waals surface area contributed by atoms with Crippen LogP contribution in [0.2, 0.25) is 0 Å². The van der Waals surface area contributed by atoms with Crippen LogP contribution < -0.4 is 4.74 Å². The molecule has 1 aromatic rings. The average Bonchev–Trinajstić information content (AvgIpc) is 2.72. The van der Waals surface area contributed by atoms with Gasteiger partial charge in [-0.2, -0.15) is 0 Å². The van der Waals surface area contributed by atoms with E-state index >= 15 is 0 Å². The Hall–Kier alpha value is -1.89. The van der Waals surface area contributed by atoms with E-state index in [4.69, 9.17) is 9.57 Å². The van der Waals surface area contributed by atoms with Crippen molar-refractivity contribution >= 4 is 33.7 Å². The highest BCUT2D eigenvalue weighted by atomic mass is 79.9. The lowest BCUT2D eigenvalue weighted by Gasteiger charge is -2.15. The molecule has 0 N–H and O–H groups in total. The number of amides is 2. The van der Waals surface area contributed by atoms with Gasteiger partial charge in [0.25, 0.3) is 11.8 Å². The Morgan fingerprint density at radius 3 is 2.43 bits per heavy atom. The van der Waals surface area contributed by atoms with Gasteiger partial charge in [-0.3, -0.25) is 9.59 Å². The molecule has 7 heteroatoms. The number of carbonyl (C=O) groups excluding carboxylic acids is 3. The molecule has 1 aliphatic heterocycles. The van der Waals surface area contributed by atoms with Crippen molar-refractivity contribution in [2.24, 2.45) is 0 Å². The molecule has 1 fully saturated rings. The van der Waals surface area contributed by atoms with E-state index in [0.717, 1.165) is 0 Å². The third kappa shape index (κ3) is 3.60. The second-order valence-corrected chi connectivity index (χ2v) is 5.63. The molecule has 0 atom stereocenters. The molecule has 1 aromatic carbocycles. The molecule has 1 heterocycles. The molecule has 1 aliphatic rings. The van der Waals surface area contributed by atoms with Crippen LogP contribution in [0.1, 0.15) is 37.0 Å². The van der Waals surface area contributed by atoms with Gasteiger partial charge >= 0.3 is 5.97 Å². The molecule has 2 rings (SSSR count). The summed E-state index contributed by atoms with van der Waals surface area (Å²) in [5.41, 5.74) is 0.196. The van der Waals surface area contributed by atoms with Crippen LogP contribution in [-0.4, -0.2) is 29.0 Å². The standard InChI is InChI=1S/C14H14BrNO5/c1-8(2)20-11-7-9(3-4-10(11)15)14(19)21-16-12(17)5-6-13(16)18/h3-4,7-8H,5-6H2,1-2H3. The maximum Gasteiger partial charge on any atom is 0.364 e. The summed E-state index contributed by atoms with van der Waals surface area (Å²) < 4.78 is 6.24. The van der Waals surface area contributed by atoms with E-state index in [1.165, 1.54) is 12.1 Å². The molecule has 0 aromatic heterocycles. The summed E-state index contributed by atoms with van der Waals surface area (Å²) >= 11 is 3.32.